The lowest BCUT2D eigenvalue weighted by Crippen LogP contribution is -2.03. The molecule has 0 saturated heterocycles. The molecule has 84 valence electrons. The Morgan fingerprint density at radius 3 is 3.06 bits per heavy atom. The second kappa shape index (κ2) is 4.76. The average Bonchev–Trinajstić information content (AvgIpc) is 2.83. The molecule has 1 unspecified atom stereocenters. The van der Waals surface area contributed by atoms with Gasteiger partial charge in [-0.3, -0.25) is 0 Å². The van der Waals surface area contributed by atoms with Crippen molar-refractivity contribution < 1.29 is 14.3 Å². The summed E-state index contributed by atoms with van der Waals surface area (Å²) in [5, 5.41) is 9.87. The molecule has 0 aliphatic heterocycles. The molecule has 2 heterocycles. The molecule has 0 aliphatic carbocycles. The minimum absolute atomic E-state index is 0.401. The first kappa shape index (κ1) is 10.6. The summed E-state index contributed by atoms with van der Waals surface area (Å²) in [5.74, 6) is 0.490. The first-order chi connectivity index (χ1) is 7.79. The molecule has 0 spiro atoms. The van der Waals surface area contributed by atoms with E-state index in [0.29, 0.717) is 12.3 Å². The third-order valence-electron chi connectivity index (χ3n) is 2.24. The Morgan fingerprint density at radius 2 is 2.38 bits per heavy atom. The number of aromatic nitrogens is 2. The minimum atomic E-state index is -0.627. The van der Waals surface area contributed by atoms with E-state index in [-0.39, 0.29) is 0 Å². The smallest absolute Gasteiger partial charge is 0.216 e. The number of ether oxygens (including phenoxy) is 1. The average molecular weight is 220 g/mol. The molecule has 0 amide bonds. The molecule has 0 saturated carbocycles. The second-order valence-corrected chi connectivity index (χ2v) is 3.33. The van der Waals surface area contributed by atoms with E-state index in [1.807, 2.05) is 0 Å². The lowest BCUT2D eigenvalue weighted by Gasteiger charge is -2.07. The van der Waals surface area contributed by atoms with Crippen molar-refractivity contribution in [3.05, 3.63) is 42.2 Å². The molecule has 0 radical (unpaired) electrons. The number of nitrogens with zero attached hydrogens (tertiary/aromatic N) is 2. The van der Waals surface area contributed by atoms with Crippen LogP contribution in [0, 0.1) is 0 Å². The maximum atomic E-state index is 9.87. The molecule has 16 heavy (non-hydrogen) atoms. The number of methoxy groups -OCH3 is 1. The predicted molar refractivity (Wildman–Crippen MR) is 56.0 cm³/mol. The van der Waals surface area contributed by atoms with Crippen molar-refractivity contribution in [1.29, 1.82) is 0 Å². The van der Waals surface area contributed by atoms with Crippen molar-refractivity contribution in [2.45, 2.75) is 12.5 Å². The molecule has 0 aliphatic rings. The van der Waals surface area contributed by atoms with Crippen LogP contribution in [0.15, 0.2) is 35.4 Å². The molecule has 0 bridgehead atoms. The van der Waals surface area contributed by atoms with Crippen LogP contribution in [0.1, 0.15) is 17.4 Å². The molecule has 5 nitrogen and oxygen atoms in total. The van der Waals surface area contributed by atoms with Gasteiger partial charge in [0.25, 0.3) is 0 Å². The van der Waals surface area contributed by atoms with Crippen LogP contribution in [-0.4, -0.2) is 22.2 Å². The van der Waals surface area contributed by atoms with Crippen molar-refractivity contribution in [3.63, 3.8) is 0 Å². The number of aliphatic hydroxyl groups excluding tert-OH is 1. The molecule has 1 atom stereocenters. The maximum Gasteiger partial charge on any atom is 0.216 e. The molecular weight excluding hydrogens is 208 g/mol. The lowest BCUT2D eigenvalue weighted by atomic mass is 10.1. The summed E-state index contributed by atoms with van der Waals surface area (Å²) in [6.45, 7) is 0. The fourth-order valence-corrected chi connectivity index (χ4v) is 1.38. The van der Waals surface area contributed by atoms with Gasteiger partial charge in [0.2, 0.25) is 5.88 Å². The van der Waals surface area contributed by atoms with E-state index >= 15 is 0 Å². The van der Waals surface area contributed by atoms with E-state index < -0.39 is 6.10 Å². The summed E-state index contributed by atoms with van der Waals surface area (Å²) in [6, 6.07) is 3.42. The van der Waals surface area contributed by atoms with Gasteiger partial charge in [0.05, 0.1) is 31.4 Å². The lowest BCUT2D eigenvalue weighted by molar-refractivity contribution is 0.176. The van der Waals surface area contributed by atoms with E-state index in [1.165, 1.54) is 18.9 Å². The summed E-state index contributed by atoms with van der Waals surface area (Å²) >= 11 is 0. The zero-order valence-electron chi connectivity index (χ0n) is 8.83. The minimum Gasteiger partial charge on any atom is -0.481 e. The van der Waals surface area contributed by atoms with Crippen molar-refractivity contribution in [1.82, 2.24) is 9.97 Å². The Bertz CT molecular complexity index is 442. The number of rotatable bonds is 4. The van der Waals surface area contributed by atoms with Crippen LogP contribution >= 0.6 is 0 Å². The fourth-order valence-electron chi connectivity index (χ4n) is 1.38. The number of furan rings is 1. The van der Waals surface area contributed by atoms with Gasteiger partial charge in [0.1, 0.15) is 6.33 Å². The topological polar surface area (TPSA) is 68.4 Å². The molecule has 2 aromatic rings. The zero-order valence-corrected chi connectivity index (χ0v) is 8.83. The fraction of sp³-hybridized carbons (Fsp3) is 0.273. The van der Waals surface area contributed by atoms with Crippen molar-refractivity contribution in [2.75, 3.05) is 7.11 Å². The van der Waals surface area contributed by atoms with Crippen LogP contribution in [-0.2, 0) is 6.42 Å². The predicted octanol–water partition coefficient (Wildman–Crippen LogP) is 1.35. The number of hydrogen-bond acceptors (Lipinski definition) is 5. The van der Waals surface area contributed by atoms with Crippen LogP contribution in [0.2, 0.25) is 0 Å². The zero-order chi connectivity index (χ0) is 11.4. The first-order valence-corrected chi connectivity index (χ1v) is 4.84. The van der Waals surface area contributed by atoms with Crippen LogP contribution in [0.3, 0.4) is 0 Å². The van der Waals surface area contributed by atoms with Crippen molar-refractivity contribution in [3.8, 4) is 5.88 Å². The van der Waals surface area contributed by atoms with Crippen molar-refractivity contribution >= 4 is 0 Å². The molecular formula is C11H12N2O3. The van der Waals surface area contributed by atoms with E-state index in [9.17, 15) is 5.11 Å². The summed E-state index contributed by atoms with van der Waals surface area (Å²) in [6.07, 6.45) is 4.23. The molecule has 2 rings (SSSR count). The maximum absolute atomic E-state index is 9.87. The van der Waals surface area contributed by atoms with Gasteiger partial charge in [-0.25, -0.2) is 9.97 Å². The van der Waals surface area contributed by atoms with Gasteiger partial charge in [-0.15, -0.1) is 0 Å². The van der Waals surface area contributed by atoms with E-state index in [2.05, 4.69) is 9.97 Å². The highest BCUT2D eigenvalue weighted by Gasteiger charge is 2.11. The quantitative estimate of drug-likeness (QED) is 0.842. The van der Waals surface area contributed by atoms with Crippen LogP contribution in [0.4, 0.5) is 0 Å². The van der Waals surface area contributed by atoms with Gasteiger partial charge in [0, 0.05) is 18.1 Å². The summed E-state index contributed by atoms with van der Waals surface area (Å²) in [5.41, 5.74) is 1.46. The standard InChI is InChI=1S/C11H12N2O3/c1-15-11-5-9(12-7-13-11)4-10(14)8-2-3-16-6-8/h2-3,5-7,10,14H,4H2,1H3. The molecule has 0 aromatic carbocycles. The van der Waals surface area contributed by atoms with Crippen molar-refractivity contribution in [2.24, 2.45) is 0 Å². The van der Waals surface area contributed by atoms with Crippen LogP contribution < -0.4 is 4.74 Å². The molecule has 1 N–H and O–H groups in total. The Balaban J connectivity index is 2.08. The van der Waals surface area contributed by atoms with Crippen LogP contribution in [0.5, 0.6) is 5.88 Å². The Labute approximate surface area is 92.7 Å². The second-order valence-electron chi connectivity index (χ2n) is 3.33. The molecule has 5 heteroatoms. The Kier molecular flexibility index (Phi) is 3.16. The highest BCUT2D eigenvalue weighted by Crippen LogP contribution is 2.18. The summed E-state index contributed by atoms with van der Waals surface area (Å²) in [4.78, 5) is 7.95. The van der Waals surface area contributed by atoms with E-state index in [4.69, 9.17) is 9.15 Å². The largest absolute Gasteiger partial charge is 0.481 e. The number of aliphatic hydroxyl groups is 1. The van der Waals surface area contributed by atoms with Gasteiger partial charge < -0.3 is 14.3 Å². The van der Waals surface area contributed by atoms with E-state index in [0.717, 1.165) is 11.3 Å². The van der Waals surface area contributed by atoms with Crippen LogP contribution in [0.25, 0.3) is 0 Å². The monoisotopic (exact) mass is 220 g/mol. The van der Waals surface area contributed by atoms with Gasteiger partial charge >= 0.3 is 0 Å². The molecule has 2 aromatic heterocycles. The first-order valence-electron chi connectivity index (χ1n) is 4.84. The third kappa shape index (κ3) is 2.38. The van der Waals surface area contributed by atoms with Gasteiger partial charge in [0.15, 0.2) is 0 Å². The highest BCUT2D eigenvalue weighted by molar-refractivity contribution is 5.17. The number of hydrogen-bond donors (Lipinski definition) is 1. The Morgan fingerprint density at radius 1 is 1.50 bits per heavy atom. The molecule has 0 fully saturated rings. The normalized spacial score (nSPS) is 12.4. The van der Waals surface area contributed by atoms with Gasteiger partial charge in [-0.1, -0.05) is 0 Å². The van der Waals surface area contributed by atoms with E-state index in [1.54, 1.807) is 19.2 Å². The Hall–Kier alpha value is -1.88. The van der Waals surface area contributed by atoms with Gasteiger partial charge in [-0.2, -0.15) is 0 Å². The SMILES string of the molecule is COc1cc(CC(O)c2ccoc2)ncn1. The van der Waals surface area contributed by atoms with Gasteiger partial charge in [-0.05, 0) is 6.07 Å². The third-order valence-corrected chi connectivity index (χ3v) is 2.24. The summed E-state index contributed by atoms with van der Waals surface area (Å²) < 4.78 is 9.88. The highest BCUT2D eigenvalue weighted by atomic mass is 16.5. The summed E-state index contributed by atoms with van der Waals surface area (Å²) in [7, 11) is 1.54.